The summed E-state index contributed by atoms with van der Waals surface area (Å²) in [6.45, 7) is 5.87. The molecule has 2 aromatic carbocycles. The largest absolute Gasteiger partial charge is 0.479 e. The number of alkyl carbamates (subject to hydrolysis) is 1. The van der Waals surface area contributed by atoms with E-state index < -0.39 is 29.1 Å². The number of hydrogen-bond acceptors (Lipinski definition) is 5. The number of carbonyl (C=O) groups excluding carboxylic acids is 2. The van der Waals surface area contributed by atoms with E-state index in [1.807, 2.05) is 57.2 Å². The van der Waals surface area contributed by atoms with Gasteiger partial charge in [0.25, 0.3) is 0 Å². The molecule has 4 rings (SSSR count). The molecule has 0 saturated carbocycles. The first kappa shape index (κ1) is 24.7. The molecule has 2 amide bonds. The first-order valence-electron chi connectivity index (χ1n) is 11.9. The van der Waals surface area contributed by atoms with E-state index in [-0.39, 0.29) is 44.4 Å². The topological polar surface area (TPSA) is 116 Å². The summed E-state index contributed by atoms with van der Waals surface area (Å²) in [5, 5.41) is 22.1. The molecule has 0 spiro atoms. The lowest BCUT2D eigenvalue weighted by atomic mass is 9.84. The van der Waals surface area contributed by atoms with E-state index in [0.29, 0.717) is 0 Å². The van der Waals surface area contributed by atoms with Crippen LogP contribution in [0.4, 0.5) is 4.79 Å². The van der Waals surface area contributed by atoms with Crippen molar-refractivity contribution in [3.63, 3.8) is 0 Å². The third-order valence-electron chi connectivity index (χ3n) is 7.02. The molecule has 35 heavy (non-hydrogen) atoms. The molecule has 1 atom stereocenters. The van der Waals surface area contributed by atoms with Crippen LogP contribution in [0.5, 0.6) is 0 Å². The summed E-state index contributed by atoms with van der Waals surface area (Å²) in [5.41, 5.74) is 2.03. The van der Waals surface area contributed by atoms with Crippen molar-refractivity contribution >= 4 is 18.0 Å². The Morgan fingerprint density at radius 3 is 2.03 bits per heavy atom. The molecule has 1 fully saturated rings. The number of carboxylic acid groups (broad SMARTS) is 1. The van der Waals surface area contributed by atoms with Gasteiger partial charge in [-0.15, -0.1) is 0 Å². The number of likely N-dealkylation sites (tertiary alicyclic amines) is 1. The van der Waals surface area contributed by atoms with Crippen LogP contribution in [0.3, 0.4) is 0 Å². The molecule has 8 nitrogen and oxygen atoms in total. The fourth-order valence-corrected chi connectivity index (χ4v) is 4.90. The van der Waals surface area contributed by atoms with Crippen molar-refractivity contribution in [2.45, 2.75) is 51.2 Å². The molecule has 1 unspecified atom stereocenters. The highest BCUT2D eigenvalue weighted by molar-refractivity contribution is 5.87. The summed E-state index contributed by atoms with van der Waals surface area (Å²) in [6.07, 6.45) is -0.801. The second-order valence-electron chi connectivity index (χ2n) is 10.4. The summed E-state index contributed by atoms with van der Waals surface area (Å²) in [7, 11) is 0. The minimum absolute atomic E-state index is 0.0596. The number of ether oxygens (including phenoxy) is 1. The predicted molar refractivity (Wildman–Crippen MR) is 130 cm³/mol. The Balaban J connectivity index is 1.42. The fraction of sp³-hybridized carbons (Fsp3) is 0.444. The summed E-state index contributed by atoms with van der Waals surface area (Å²) in [5.74, 6) is -1.69. The van der Waals surface area contributed by atoms with Gasteiger partial charge in [0, 0.05) is 31.8 Å². The highest BCUT2D eigenvalue weighted by Gasteiger charge is 2.43. The molecule has 8 heteroatoms. The zero-order chi connectivity index (χ0) is 25.4. The van der Waals surface area contributed by atoms with Gasteiger partial charge >= 0.3 is 12.1 Å². The standard InChI is InChI=1S/C27H32N2O6/c1-26(2,3)22(23(30)29-14-12-27(34,13-15-29)24(31)32)28-25(33)35-16-21-19-10-6-4-8-17(19)18-9-5-7-11-20(18)21/h4-11,21-22,34H,12-16H2,1-3H3,(H,28,33)(H,31,32). The molecule has 1 aliphatic heterocycles. The van der Waals surface area contributed by atoms with Crippen molar-refractivity contribution in [3.05, 3.63) is 59.7 Å². The quantitative estimate of drug-likeness (QED) is 0.604. The van der Waals surface area contributed by atoms with Crippen LogP contribution in [0.2, 0.25) is 0 Å². The number of amides is 2. The van der Waals surface area contributed by atoms with Crippen LogP contribution in [0, 0.1) is 5.41 Å². The highest BCUT2D eigenvalue weighted by atomic mass is 16.5. The van der Waals surface area contributed by atoms with E-state index in [2.05, 4.69) is 17.4 Å². The molecule has 2 aromatic rings. The average Bonchev–Trinajstić information content (AvgIpc) is 3.14. The Morgan fingerprint density at radius 1 is 1.03 bits per heavy atom. The second-order valence-corrected chi connectivity index (χ2v) is 10.4. The van der Waals surface area contributed by atoms with Gasteiger partial charge in [-0.05, 0) is 27.7 Å². The number of carbonyl (C=O) groups is 3. The van der Waals surface area contributed by atoms with Crippen LogP contribution in [0.1, 0.15) is 50.7 Å². The van der Waals surface area contributed by atoms with Crippen LogP contribution in [-0.2, 0) is 14.3 Å². The number of benzene rings is 2. The van der Waals surface area contributed by atoms with Crippen molar-refractivity contribution < 1.29 is 29.3 Å². The molecule has 186 valence electrons. The normalized spacial score (nSPS) is 17.8. The van der Waals surface area contributed by atoms with Crippen molar-refractivity contribution in [1.82, 2.24) is 10.2 Å². The third kappa shape index (κ3) is 4.89. The van der Waals surface area contributed by atoms with E-state index in [0.717, 1.165) is 22.3 Å². The number of aliphatic carboxylic acids is 1. The van der Waals surface area contributed by atoms with Gasteiger partial charge in [0.1, 0.15) is 12.6 Å². The molecule has 0 bridgehead atoms. The number of nitrogens with zero attached hydrogens (tertiary/aromatic N) is 1. The smallest absolute Gasteiger partial charge is 0.407 e. The lowest BCUT2D eigenvalue weighted by Gasteiger charge is -2.39. The number of fused-ring (bicyclic) bond motifs is 3. The predicted octanol–water partition coefficient (Wildman–Crippen LogP) is 3.38. The molecule has 0 aromatic heterocycles. The van der Waals surface area contributed by atoms with E-state index in [4.69, 9.17) is 4.74 Å². The molecule has 0 radical (unpaired) electrons. The van der Waals surface area contributed by atoms with E-state index in [1.54, 1.807) is 0 Å². The summed E-state index contributed by atoms with van der Waals surface area (Å²) >= 11 is 0. The Hall–Kier alpha value is -3.39. The van der Waals surface area contributed by atoms with Gasteiger partial charge in [0.2, 0.25) is 5.91 Å². The summed E-state index contributed by atoms with van der Waals surface area (Å²) in [4.78, 5) is 38.9. The minimum atomic E-state index is -1.83. The summed E-state index contributed by atoms with van der Waals surface area (Å²) in [6, 6.07) is 15.3. The Labute approximate surface area is 204 Å². The van der Waals surface area contributed by atoms with E-state index in [9.17, 15) is 24.6 Å². The van der Waals surface area contributed by atoms with Crippen LogP contribution < -0.4 is 5.32 Å². The zero-order valence-electron chi connectivity index (χ0n) is 20.3. The van der Waals surface area contributed by atoms with Crippen LogP contribution >= 0.6 is 0 Å². The minimum Gasteiger partial charge on any atom is -0.479 e. The monoisotopic (exact) mass is 480 g/mol. The number of piperidine rings is 1. The van der Waals surface area contributed by atoms with Crippen LogP contribution in [-0.4, -0.2) is 64.4 Å². The Morgan fingerprint density at radius 2 is 1.54 bits per heavy atom. The molecule has 1 heterocycles. The van der Waals surface area contributed by atoms with Gasteiger partial charge < -0.3 is 25.2 Å². The molecular formula is C27H32N2O6. The maximum atomic E-state index is 13.3. The SMILES string of the molecule is CC(C)(C)C(NC(=O)OCC1c2ccccc2-c2ccccc21)C(=O)N1CCC(O)(C(=O)O)CC1. The van der Waals surface area contributed by atoms with Crippen molar-refractivity contribution in [2.24, 2.45) is 5.41 Å². The molecule has 3 N–H and O–H groups in total. The maximum absolute atomic E-state index is 13.3. The van der Waals surface area contributed by atoms with Crippen molar-refractivity contribution in [1.29, 1.82) is 0 Å². The Bertz CT molecular complexity index is 1080. The number of carboxylic acids is 1. The van der Waals surface area contributed by atoms with Gasteiger partial charge in [-0.2, -0.15) is 0 Å². The number of nitrogens with one attached hydrogen (secondary N) is 1. The first-order valence-corrected chi connectivity index (χ1v) is 11.9. The number of hydrogen-bond donors (Lipinski definition) is 3. The Kier molecular flexibility index (Phi) is 6.60. The van der Waals surface area contributed by atoms with E-state index >= 15 is 0 Å². The lowest BCUT2D eigenvalue weighted by Crippen LogP contribution is -2.58. The highest BCUT2D eigenvalue weighted by Crippen LogP contribution is 2.44. The van der Waals surface area contributed by atoms with E-state index in [1.165, 1.54) is 4.90 Å². The van der Waals surface area contributed by atoms with Gasteiger partial charge in [0.05, 0.1) is 0 Å². The maximum Gasteiger partial charge on any atom is 0.407 e. The van der Waals surface area contributed by atoms with Gasteiger partial charge in [-0.25, -0.2) is 9.59 Å². The van der Waals surface area contributed by atoms with Gasteiger partial charge in [0.15, 0.2) is 5.60 Å². The van der Waals surface area contributed by atoms with Gasteiger partial charge in [-0.3, -0.25) is 4.79 Å². The summed E-state index contributed by atoms with van der Waals surface area (Å²) < 4.78 is 5.63. The molecule has 2 aliphatic rings. The van der Waals surface area contributed by atoms with Crippen LogP contribution in [0.25, 0.3) is 11.1 Å². The zero-order valence-corrected chi connectivity index (χ0v) is 20.3. The van der Waals surface area contributed by atoms with Gasteiger partial charge in [-0.1, -0.05) is 69.3 Å². The fourth-order valence-electron chi connectivity index (χ4n) is 4.90. The second kappa shape index (κ2) is 9.34. The molecular weight excluding hydrogens is 448 g/mol. The molecule has 1 aliphatic carbocycles. The van der Waals surface area contributed by atoms with Crippen molar-refractivity contribution in [2.75, 3.05) is 19.7 Å². The van der Waals surface area contributed by atoms with Crippen LogP contribution in [0.15, 0.2) is 48.5 Å². The van der Waals surface area contributed by atoms with Crippen molar-refractivity contribution in [3.8, 4) is 11.1 Å². The number of rotatable bonds is 5. The molecule has 1 saturated heterocycles. The first-order chi connectivity index (χ1) is 16.5. The number of aliphatic hydroxyl groups is 1. The third-order valence-corrected chi connectivity index (χ3v) is 7.02. The average molecular weight is 481 g/mol. The lowest BCUT2D eigenvalue weighted by molar-refractivity contribution is -0.166.